The lowest BCUT2D eigenvalue weighted by Gasteiger charge is -2.16. The van der Waals surface area contributed by atoms with Crippen LogP contribution in [-0.2, 0) is 4.79 Å². The summed E-state index contributed by atoms with van der Waals surface area (Å²) in [6.07, 6.45) is 0.615. The van der Waals surface area contributed by atoms with Gasteiger partial charge in [-0.1, -0.05) is 0 Å². The van der Waals surface area contributed by atoms with E-state index < -0.39 is 12.1 Å². The Morgan fingerprint density at radius 1 is 1.44 bits per heavy atom. The Hall–Kier alpha value is -1.65. The van der Waals surface area contributed by atoms with Gasteiger partial charge in [0.25, 0.3) is 5.91 Å². The molecule has 1 rings (SSSR count). The zero-order chi connectivity index (χ0) is 12.1. The van der Waals surface area contributed by atoms with Crippen LogP contribution in [0.3, 0.4) is 0 Å². The molecule has 4 nitrogen and oxygen atoms in total. The van der Waals surface area contributed by atoms with E-state index in [1.165, 1.54) is 18.3 Å². The minimum absolute atomic E-state index is 0.0601. The first-order valence-corrected chi connectivity index (χ1v) is 5.07. The number of pyridine rings is 1. The second kappa shape index (κ2) is 5.44. The Kier molecular flexibility index (Phi) is 4.22. The summed E-state index contributed by atoms with van der Waals surface area (Å²) < 4.78 is 17.8. The second-order valence-corrected chi connectivity index (χ2v) is 3.74. The maximum absolute atomic E-state index is 12.5. The van der Waals surface area contributed by atoms with Crippen LogP contribution in [0.15, 0.2) is 18.3 Å². The van der Waals surface area contributed by atoms with Gasteiger partial charge in [0.05, 0.1) is 6.20 Å². The van der Waals surface area contributed by atoms with Gasteiger partial charge in [0.15, 0.2) is 6.10 Å². The number of aromatic nitrogens is 1. The van der Waals surface area contributed by atoms with E-state index in [1.807, 2.05) is 13.8 Å². The van der Waals surface area contributed by atoms with E-state index in [0.717, 1.165) is 0 Å². The van der Waals surface area contributed by atoms with Crippen LogP contribution in [0.1, 0.15) is 20.8 Å². The van der Waals surface area contributed by atoms with Gasteiger partial charge < -0.3 is 10.1 Å². The molecule has 0 aromatic carbocycles. The van der Waals surface area contributed by atoms with Gasteiger partial charge in [0.1, 0.15) is 5.75 Å². The first-order chi connectivity index (χ1) is 7.49. The average Bonchev–Trinajstić information content (AvgIpc) is 2.20. The van der Waals surface area contributed by atoms with Crippen molar-refractivity contribution in [3.05, 3.63) is 24.3 Å². The average molecular weight is 226 g/mol. The maximum atomic E-state index is 12.5. The quantitative estimate of drug-likeness (QED) is 0.792. The standard InChI is InChI=1S/C11H15FN2O2/c1-7(2)14-11(15)8(3)16-9-4-5-10(12)13-6-9/h4-8H,1-3H3,(H,14,15). The molecule has 0 fully saturated rings. The van der Waals surface area contributed by atoms with E-state index in [-0.39, 0.29) is 11.9 Å². The fraction of sp³-hybridized carbons (Fsp3) is 0.455. The molecule has 1 aromatic rings. The van der Waals surface area contributed by atoms with E-state index in [0.29, 0.717) is 5.75 Å². The van der Waals surface area contributed by atoms with Crippen LogP contribution in [0.4, 0.5) is 4.39 Å². The fourth-order valence-corrected chi connectivity index (χ4v) is 1.09. The van der Waals surface area contributed by atoms with Crippen molar-refractivity contribution in [1.82, 2.24) is 10.3 Å². The molecule has 0 aliphatic heterocycles. The lowest BCUT2D eigenvalue weighted by atomic mass is 10.3. The summed E-state index contributed by atoms with van der Waals surface area (Å²) in [6, 6.07) is 2.68. The highest BCUT2D eigenvalue weighted by atomic mass is 19.1. The third kappa shape index (κ3) is 3.84. The van der Waals surface area contributed by atoms with Crippen LogP contribution < -0.4 is 10.1 Å². The van der Waals surface area contributed by atoms with Gasteiger partial charge >= 0.3 is 0 Å². The number of halogens is 1. The summed E-state index contributed by atoms with van der Waals surface area (Å²) in [5.41, 5.74) is 0. The summed E-state index contributed by atoms with van der Waals surface area (Å²) in [5, 5.41) is 2.72. The highest BCUT2D eigenvalue weighted by Crippen LogP contribution is 2.10. The van der Waals surface area contributed by atoms with Crippen LogP contribution in [0, 0.1) is 5.95 Å². The molecule has 1 unspecified atom stereocenters. The Balaban J connectivity index is 2.53. The molecule has 0 bridgehead atoms. The highest BCUT2D eigenvalue weighted by molar-refractivity contribution is 5.80. The molecular weight excluding hydrogens is 211 g/mol. The molecule has 1 amide bonds. The molecule has 1 heterocycles. The van der Waals surface area contributed by atoms with E-state index in [2.05, 4.69) is 10.3 Å². The van der Waals surface area contributed by atoms with E-state index in [1.54, 1.807) is 6.92 Å². The smallest absolute Gasteiger partial charge is 0.260 e. The zero-order valence-corrected chi connectivity index (χ0v) is 9.53. The Bertz CT molecular complexity index is 352. The largest absolute Gasteiger partial charge is 0.479 e. The minimum Gasteiger partial charge on any atom is -0.479 e. The van der Waals surface area contributed by atoms with Crippen molar-refractivity contribution < 1.29 is 13.9 Å². The highest BCUT2D eigenvalue weighted by Gasteiger charge is 2.15. The van der Waals surface area contributed by atoms with Gasteiger partial charge in [-0.15, -0.1) is 0 Å². The van der Waals surface area contributed by atoms with Crippen molar-refractivity contribution in [3.8, 4) is 5.75 Å². The molecule has 1 atom stereocenters. The third-order valence-electron chi connectivity index (χ3n) is 1.81. The Morgan fingerprint density at radius 3 is 2.62 bits per heavy atom. The van der Waals surface area contributed by atoms with Crippen molar-refractivity contribution in [2.45, 2.75) is 32.9 Å². The zero-order valence-electron chi connectivity index (χ0n) is 9.53. The second-order valence-electron chi connectivity index (χ2n) is 3.74. The van der Waals surface area contributed by atoms with Crippen molar-refractivity contribution in [2.75, 3.05) is 0 Å². The van der Waals surface area contributed by atoms with Gasteiger partial charge in [-0.05, 0) is 32.9 Å². The van der Waals surface area contributed by atoms with E-state index in [9.17, 15) is 9.18 Å². The van der Waals surface area contributed by atoms with Gasteiger partial charge in [0.2, 0.25) is 5.95 Å². The SMILES string of the molecule is CC(C)NC(=O)C(C)Oc1ccc(F)nc1. The summed E-state index contributed by atoms with van der Waals surface area (Å²) in [5.74, 6) is -0.418. The van der Waals surface area contributed by atoms with E-state index in [4.69, 9.17) is 4.74 Å². The summed E-state index contributed by atoms with van der Waals surface area (Å²) in [7, 11) is 0. The molecule has 0 saturated heterocycles. The third-order valence-corrected chi connectivity index (χ3v) is 1.81. The summed E-state index contributed by atoms with van der Waals surface area (Å²) in [4.78, 5) is 14.9. The van der Waals surface area contributed by atoms with Crippen molar-refractivity contribution in [3.63, 3.8) is 0 Å². The van der Waals surface area contributed by atoms with Crippen molar-refractivity contribution >= 4 is 5.91 Å². The van der Waals surface area contributed by atoms with Crippen LogP contribution >= 0.6 is 0 Å². The molecule has 0 radical (unpaired) electrons. The first-order valence-electron chi connectivity index (χ1n) is 5.07. The normalized spacial score (nSPS) is 12.3. The van der Waals surface area contributed by atoms with Crippen LogP contribution in [0.25, 0.3) is 0 Å². The van der Waals surface area contributed by atoms with E-state index >= 15 is 0 Å². The molecule has 88 valence electrons. The number of carbonyl (C=O) groups excluding carboxylic acids is 1. The molecule has 5 heteroatoms. The van der Waals surface area contributed by atoms with Gasteiger partial charge in [-0.2, -0.15) is 4.39 Å². The number of nitrogens with zero attached hydrogens (tertiary/aromatic N) is 1. The number of hydrogen-bond donors (Lipinski definition) is 1. The number of carbonyl (C=O) groups is 1. The Morgan fingerprint density at radius 2 is 2.12 bits per heavy atom. The van der Waals surface area contributed by atoms with Crippen molar-refractivity contribution in [2.24, 2.45) is 0 Å². The lowest BCUT2D eigenvalue weighted by molar-refractivity contribution is -0.127. The van der Waals surface area contributed by atoms with Crippen LogP contribution in [0.2, 0.25) is 0 Å². The number of hydrogen-bond acceptors (Lipinski definition) is 3. The monoisotopic (exact) mass is 226 g/mol. The molecule has 0 saturated carbocycles. The van der Waals surface area contributed by atoms with Crippen molar-refractivity contribution in [1.29, 1.82) is 0 Å². The molecule has 1 aromatic heterocycles. The lowest BCUT2D eigenvalue weighted by Crippen LogP contribution is -2.40. The van der Waals surface area contributed by atoms with Gasteiger partial charge in [0, 0.05) is 6.04 Å². The predicted octanol–water partition coefficient (Wildman–Crippen LogP) is 1.51. The number of nitrogens with one attached hydrogen (secondary N) is 1. The summed E-state index contributed by atoms with van der Waals surface area (Å²) in [6.45, 7) is 5.36. The summed E-state index contributed by atoms with van der Waals surface area (Å²) >= 11 is 0. The topological polar surface area (TPSA) is 51.2 Å². The predicted molar refractivity (Wildman–Crippen MR) is 57.6 cm³/mol. The molecule has 1 N–H and O–H groups in total. The van der Waals surface area contributed by atoms with Gasteiger partial charge in [-0.3, -0.25) is 4.79 Å². The maximum Gasteiger partial charge on any atom is 0.260 e. The first kappa shape index (κ1) is 12.4. The molecule has 0 aliphatic carbocycles. The number of rotatable bonds is 4. The van der Waals surface area contributed by atoms with Crippen LogP contribution in [0.5, 0.6) is 5.75 Å². The molecule has 0 spiro atoms. The number of ether oxygens (including phenoxy) is 1. The van der Waals surface area contributed by atoms with Gasteiger partial charge in [-0.25, -0.2) is 4.98 Å². The van der Waals surface area contributed by atoms with Crippen LogP contribution in [-0.4, -0.2) is 23.0 Å². The fourth-order valence-electron chi connectivity index (χ4n) is 1.09. The Labute approximate surface area is 93.8 Å². The minimum atomic E-state index is -0.630. The number of amides is 1. The molecule has 16 heavy (non-hydrogen) atoms. The molecule has 0 aliphatic rings. The molecular formula is C11H15FN2O2.